The highest BCUT2D eigenvalue weighted by Crippen LogP contribution is 2.13. The molecule has 0 bridgehead atoms. The summed E-state index contributed by atoms with van der Waals surface area (Å²) in [7, 11) is 0. The summed E-state index contributed by atoms with van der Waals surface area (Å²) >= 11 is 1.82. The van der Waals surface area contributed by atoms with Crippen LogP contribution in [0, 0.1) is 5.92 Å². The maximum atomic E-state index is 9.13. The third kappa shape index (κ3) is 5.51. The second kappa shape index (κ2) is 6.91. The first-order chi connectivity index (χ1) is 7.58. The van der Waals surface area contributed by atoms with Crippen LogP contribution in [0.2, 0.25) is 0 Å². The molecule has 1 N–H and O–H groups in total. The molecule has 5 heteroatoms. The van der Waals surface area contributed by atoms with E-state index >= 15 is 0 Å². The number of thioether (sulfide) groups is 1. The maximum Gasteiger partial charge on any atom is 0.226 e. The molecule has 1 aromatic heterocycles. The molecule has 0 saturated carbocycles. The van der Waals surface area contributed by atoms with Crippen molar-refractivity contribution in [1.29, 1.82) is 0 Å². The summed E-state index contributed by atoms with van der Waals surface area (Å²) in [5.74, 6) is 3.98. The van der Waals surface area contributed by atoms with Crippen molar-refractivity contribution in [3.05, 3.63) is 11.7 Å². The van der Waals surface area contributed by atoms with Gasteiger partial charge in [0, 0.05) is 6.42 Å². The Morgan fingerprint density at radius 3 is 2.75 bits per heavy atom. The largest absolute Gasteiger partial charge is 0.393 e. The number of hydrogen-bond donors (Lipinski definition) is 1. The van der Waals surface area contributed by atoms with Crippen LogP contribution in [-0.2, 0) is 12.2 Å². The van der Waals surface area contributed by atoms with Crippen molar-refractivity contribution in [2.24, 2.45) is 5.92 Å². The molecule has 0 aliphatic carbocycles. The van der Waals surface area contributed by atoms with E-state index in [1.54, 1.807) is 6.92 Å². The number of aliphatic hydroxyl groups excluding tert-OH is 1. The highest BCUT2D eigenvalue weighted by molar-refractivity contribution is 7.98. The molecule has 0 aliphatic rings. The standard InChI is InChI=1S/C11H20N2O2S/c1-8(2)6-16-7-10-12-11(15-13-10)5-4-9(3)14/h8-9,14H,4-7H2,1-3H3. The van der Waals surface area contributed by atoms with E-state index in [1.165, 1.54) is 0 Å². The van der Waals surface area contributed by atoms with Crippen LogP contribution in [0.1, 0.15) is 38.9 Å². The Labute approximate surface area is 101 Å². The molecule has 1 heterocycles. The van der Waals surface area contributed by atoms with Gasteiger partial charge in [-0.3, -0.25) is 0 Å². The van der Waals surface area contributed by atoms with Gasteiger partial charge in [-0.2, -0.15) is 16.7 Å². The number of aryl methyl sites for hydroxylation is 1. The third-order valence-corrected chi connectivity index (χ3v) is 3.33. The first kappa shape index (κ1) is 13.5. The molecule has 1 rings (SSSR count). The topological polar surface area (TPSA) is 59.2 Å². The van der Waals surface area contributed by atoms with Crippen LogP contribution in [0.5, 0.6) is 0 Å². The lowest BCUT2D eigenvalue weighted by Gasteiger charge is -2.00. The van der Waals surface area contributed by atoms with Crippen LogP contribution in [0.15, 0.2) is 4.52 Å². The summed E-state index contributed by atoms with van der Waals surface area (Å²) in [6.45, 7) is 6.14. The zero-order valence-corrected chi connectivity index (χ0v) is 11.0. The molecule has 0 spiro atoms. The van der Waals surface area contributed by atoms with Gasteiger partial charge in [0.25, 0.3) is 0 Å². The molecule has 0 fully saturated rings. The number of aromatic nitrogens is 2. The van der Waals surface area contributed by atoms with Crippen LogP contribution in [0.25, 0.3) is 0 Å². The molecule has 1 unspecified atom stereocenters. The Balaban J connectivity index is 2.28. The number of nitrogens with zero attached hydrogens (tertiary/aromatic N) is 2. The van der Waals surface area contributed by atoms with Crippen molar-refractivity contribution in [2.75, 3.05) is 5.75 Å². The molecule has 0 aliphatic heterocycles. The molecule has 0 saturated heterocycles. The van der Waals surface area contributed by atoms with Crippen molar-refractivity contribution < 1.29 is 9.63 Å². The van der Waals surface area contributed by atoms with Crippen molar-refractivity contribution in [3.8, 4) is 0 Å². The van der Waals surface area contributed by atoms with Crippen molar-refractivity contribution >= 4 is 11.8 Å². The maximum absolute atomic E-state index is 9.13. The van der Waals surface area contributed by atoms with Gasteiger partial charge in [-0.05, 0) is 25.0 Å². The zero-order chi connectivity index (χ0) is 12.0. The highest BCUT2D eigenvalue weighted by atomic mass is 32.2. The molecule has 0 radical (unpaired) electrons. The number of hydrogen-bond acceptors (Lipinski definition) is 5. The number of aliphatic hydroxyl groups is 1. The summed E-state index contributed by atoms with van der Waals surface area (Å²) in [4.78, 5) is 4.27. The molecule has 16 heavy (non-hydrogen) atoms. The smallest absolute Gasteiger partial charge is 0.226 e. The van der Waals surface area contributed by atoms with Gasteiger partial charge in [0.2, 0.25) is 5.89 Å². The summed E-state index contributed by atoms with van der Waals surface area (Å²) < 4.78 is 5.09. The second-order valence-corrected chi connectivity index (χ2v) is 5.43. The first-order valence-electron chi connectivity index (χ1n) is 5.65. The Kier molecular flexibility index (Phi) is 5.84. The zero-order valence-electron chi connectivity index (χ0n) is 10.1. The monoisotopic (exact) mass is 244 g/mol. The minimum atomic E-state index is -0.314. The lowest BCUT2D eigenvalue weighted by molar-refractivity contribution is 0.180. The second-order valence-electron chi connectivity index (χ2n) is 4.40. The summed E-state index contributed by atoms with van der Waals surface area (Å²) in [5.41, 5.74) is 0. The summed E-state index contributed by atoms with van der Waals surface area (Å²) in [6, 6.07) is 0. The van der Waals surface area contributed by atoms with Gasteiger partial charge < -0.3 is 9.63 Å². The fourth-order valence-electron chi connectivity index (χ4n) is 1.17. The highest BCUT2D eigenvalue weighted by Gasteiger charge is 2.07. The van der Waals surface area contributed by atoms with Crippen LogP contribution in [0.3, 0.4) is 0 Å². The average Bonchev–Trinajstić information content (AvgIpc) is 2.62. The van der Waals surface area contributed by atoms with Gasteiger partial charge in [0.1, 0.15) is 0 Å². The molecule has 1 aromatic rings. The first-order valence-corrected chi connectivity index (χ1v) is 6.80. The minimum Gasteiger partial charge on any atom is -0.393 e. The molecular formula is C11H20N2O2S. The van der Waals surface area contributed by atoms with Gasteiger partial charge in [-0.25, -0.2) is 0 Å². The van der Waals surface area contributed by atoms with Crippen LogP contribution >= 0.6 is 11.8 Å². The van der Waals surface area contributed by atoms with E-state index in [0.717, 1.165) is 17.3 Å². The van der Waals surface area contributed by atoms with E-state index in [9.17, 15) is 0 Å². The van der Waals surface area contributed by atoms with E-state index in [0.29, 0.717) is 24.7 Å². The Morgan fingerprint density at radius 1 is 1.38 bits per heavy atom. The molecule has 0 aromatic carbocycles. The average molecular weight is 244 g/mol. The molecule has 0 amide bonds. The Morgan fingerprint density at radius 2 is 2.12 bits per heavy atom. The Bertz CT molecular complexity index is 300. The van der Waals surface area contributed by atoms with Gasteiger partial charge in [0.15, 0.2) is 5.82 Å². The van der Waals surface area contributed by atoms with E-state index < -0.39 is 0 Å². The van der Waals surface area contributed by atoms with Gasteiger partial charge in [-0.15, -0.1) is 0 Å². The molecule has 92 valence electrons. The van der Waals surface area contributed by atoms with Crippen molar-refractivity contribution in [1.82, 2.24) is 10.1 Å². The minimum absolute atomic E-state index is 0.314. The lowest BCUT2D eigenvalue weighted by atomic mass is 10.2. The van der Waals surface area contributed by atoms with E-state index in [1.807, 2.05) is 11.8 Å². The van der Waals surface area contributed by atoms with Gasteiger partial charge in [-0.1, -0.05) is 19.0 Å². The lowest BCUT2D eigenvalue weighted by Crippen LogP contribution is -2.01. The van der Waals surface area contributed by atoms with E-state index in [4.69, 9.17) is 9.63 Å². The molecule has 4 nitrogen and oxygen atoms in total. The Hall–Kier alpha value is -0.550. The van der Waals surface area contributed by atoms with Crippen LogP contribution < -0.4 is 0 Å². The number of rotatable bonds is 7. The van der Waals surface area contributed by atoms with Crippen LogP contribution in [0.4, 0.5) is 0 Å². The van der Waals surface area contributed by atoms with Gasteiger partial charge >= 0.3 is 0 Å². The van der Waals surface area contributed by atoms with Gasteiger partial charge in [0.05, 0.1) is 11.9 Å². The fraction of sp³-hybridized carbons (Fsp3) is 0.818. The van der Waals surface area contributed by atoms with E-state index in [-0.39, 0.29) is 6.10 Å². The van der Waals surface area contributed by atoms with Crippen LogP contribution in [-0.4, -0.2) is 27.1 Å². The van der Waals surface area contributed by atoms with Crippen molar-refractivity contribution in [2.45, 2.75) is 45.5 Å². The summed E-state index contributed by atoms with van der Waals surface area (Å²) in [6.07, 6.45) is 1.01. The SMILES string of the molecule is CC(C)CSCc1noc(CCC(C)O)n1. The predicted molar refractivity (Wildman–Crippen MR) is 65.3 cm³/mol. The quantitative estimate of drug-likeness (QED) is 0.797. The normalized spacial score (nSPS) is 13.3. The predicted octanol–water partition coefficient (Wildman–Crippen LogP) is 2.27. The third-order valence-electron chi connectivity index (χ3n) is 1.97. The van der Waals surface area contributed by atoms with Crippen molar-refractivity contribution in [3.63, 3.8) is 0 Å². The fourth-order valence-corrected chi connectivity index (χ4v) is 2.06. The molecular weight excluding hydrogens is 224 g/mol. The van der Waals surface area contributed by atoms with E-state index in [2.05, 4.69) is 24.0 Å². The summed E-state index contributed by atoms with van der Waals surface area (Å²) in [5, 5.41) is 13.0. The molecule has 1 atom stereocenters.